The Balaban J connectivity index is 2.76. The zero-order valence-corrected chi connectivity index (χ0v) is 9.88. The number of nitrogens with two attached hydrogens (primary N) is 1. The molecule has 92 valence electrons. The number of halogens is 1. The Morgan fingerprint density at radius 2 is 2.18 bits per heavy atom. The third-order valence-electron chi connectivity index (χ3n) is 2.31. The number of nitrogens with one attached hydrogen (secondary N) is 2. The molecule has 0 unspecified atom stereocenters. The summed E-state index contributed by atoms with van der Waals surface area (Å²) in [5.41, 5.74) is 6.01. The van der Waals surface area contributed by atoms with Gasteiger partial charge in [-0.25, -0.2) is 4.39 Å². The molecule has 0 aliphatic carbocycles. The highest BCUT2D eigenvalue weighted by atomic mass is 19.1. The lowest BCUT2D eigenvalue weighted by Crippen LogP contribution is -2.27. The number of nitrogen functional groups attached to an aromatic ring is 1. The summed E-state index contributed by atoms with van der Waals surface area (Å²) in [4.78, 5) is 11.3. The van der Waals surface area contributed by atoms with Crippen molar-refractivity contribution >= 4 is 11.7 Å². The Labute approximate surface area is 99.5 Å². The van der Waals surface area contributed by atoms with Crippen molar-refractivity contribution in [1.29, 1.82) is 5.41 Å². The van der Waals surface area contributed by atoms with E-state index >= 15 is 0 Å². The number of amides is 1. The molecule has 17 heavy (non-hydrogen) atoms. The molecule has 4 nitrogen and oxygen atoms in total. The van der Waals surface area contributed by atoms with Crippen molar-refractivity contribution in [2.75, 3.05) is 0 Å². The van der Waals surface area contributed by atoms with Gasteiger partial charge in [0, 0.05) is 12.5 Å². The third-order valence-corrected chi connectivity index (χ3v) is 2.31. The maximum absolute atomic E-state index is 13.2. The first-order valence-electron chi connectivity index (χ1n) is 5.32. The molecule has 0 aliphatic heterocycles. The molecule has 0 heterocycles. The van der Waals surface area contributed by atoms with Crippen LogP contribution in [0.25, 0.3) is 0 Å². The van der Waals surface area contributed by atoms with Gasteiger partial charge in [-0.1, -0.05) is 19.9 Å². The van der Waals surface area contributed by atoms with Gasteiger partial charge in [-0.3, -0.25) is 10.2 Å². The molecule has 0 saturated carbocycles. The molecule has 1 aromatic rings. The van der Waals surface area contributed by atoms with Crippen LogP contribution < -0.4 is 11.1 Å². The van der Waals surface area contributed by atoms with Gasteiger partial charge >= 0.3 is 0 Å². The summed E-state index contributed by atoms with van der Waals surface area (Å²) in [6.45, 7) is 3.89. The van der Waals surface area contributed by atoms with Crippen molar-refractivity contribution in [3.63, 3.8) is 0 Å². The molecular weight excluding hydrogens is 221 g/mol. The molecule has 0 bridgehead atoms. The van der Waals surface area contributed by atoms with Gasteiger partial charge in [-0.05, 0) is 17.7 Å². The Hall–Kier alpha value is -1.91. The molecular formula is C12H16FN3O. The average molecular weight is 237 g/mol. The molecule has 5 heteroatoms. The first-order chi connectivity index (χ1) is 7.91. The smallest absolute Gasteiger partial charge is 0.222 e. The monoisotopic (exact) mass is 237 g/mol. The van der Waals surface area contributed by atoms with Crippen molar-refractivity contribution in [3.05, 3.63) is 35.1 Å². The molecule has 0 aromatic heterocycles. The summed E-state index contributed by atoms with van der Waals surface area (Å²) >= 11 is 0. The Bertz CT molecular complexity index is 443. The van der Waals surface area contributed by atoms with Crippen LogP contribution in [0.15, 0.2) is 18.2 Å². The number of benzene rings is 1. The lowest BCUT2D eigenvalue weighted by molar-refractivity contribution is -0.124. The summed E-state index contributed by atoms with van der Waals surface area (Å²) in [7, 11) is 0. The van der Waals surface area contributed by atoms with E-state index in [0.29, 0.717) is 12.1 Å². The number of hydrogen-bond acceptors (Lipinski definition) is 2. The van der Waals surface area contributed by atoms with Gasteiger partial charge in [0.15, 0.2) is 0 Å². The molecule has 1 rings (SSSR count). The lowest BCUT2D eigenvalue weighted by atomic mass is 10.1. The van der Waals surface area contributed by atoms with Crippen molar-refractivity contribution in [1.82, 2.24) is 5.32 Å². The minimum Gasteiger partial charge on any atom is -0.384 e. The summed E-state index contributed by atoms with van der Waals surface area (Å²) in [6, 6.07) is 4.27. The van der Waals surface area contributed by atoms with E-state index in [2.05, 4.69) is 5.32 Å². The quantitative estimate of drug-likeness (QED) is 0.546. The predicted octanol–water partition coefficient (Wildman–Crippen LogP) is 1.38. The molecule has 0 fully saturated rings. The second kappa shape index (κ2) is 5.43. The van der Waals surface area contributed by atoms with Crippen LogP contribution in [0.3, 0.4) is 0 Å². The fraction of sp³-hybridized carbons (Fsp3) is 0.333. The normalized spacial score (nSPS) is 10.4. The van der Waals surface area contributed by atoms with Gasteiger partial charge in [0.05, 0.1) is 5.56 Å². The fourth-order valence-electron chi connectivity index (χ4n) is 1.28. The van der Waals surface area contributed by atoms with Crippen LogP contribution in [0.2, 0.25) is 0 Å². The molecule has 0 saturated heterocycles. The van der Waals surface area contributed by atoms with Gasteiger partial charge < -0.3 is 11.1 Å². The zero-order chi connectivity index (χ0) is 13.0. The molecule has 0 radical (unpaired) electrons. The number of rotatable bonds is 4. The highest BCUT2D eigenvalue weighted by molar-refractivity contribution is 5.95. The molecule has 0 atom stereocenters. The maximum Gasteiger partial charge on any atom is 0.222 e. The van der Waals surface area contributed by atoms with Crippen molar-refractivity contribution in [2.45, 2.75) is 20.4 Å². The summed E-state index contributed by atoms with van der Waals surface area (Å²) in [5, 5.41) is 9.92. The maximum atomic E-state index is 13.2. The minimum absolute atomic E-state index is 0.0568. The largest absolute Gasteiger partial charge is 0.384 e. The van der Waals surface area contributed by atoms with Crippen LogP contribution >= 0.6 is 0 Å². The lowest BCUT2D eigenvalue weighted by Gasteiger charge is -2.09. The minimum atomic E-state index is -0.531. The number of carbonyl (C=O) groups excluding carboxylic acids is 1. The molecule has 1 aromatic carbocycles. The Morgan fingerprint density at radius 1 is 1.53 bits per heavy atom. The SMILES string of the molecule is CC(C)C(=O)NCc1ccc(F)c(C(=N)N)c1. The molecule has 0 aliphatic rings. The second-order valence-electron chi connectivity index (χ2n) is 4.10. The summed E-state index contributed by atoms with van der Waals surface area (Å²) < 4.78 is 13.2. The number of carbonyl (C=O) groups is 1. The Kier molecular flexibility index (Phi) is 4.20. The first-order valence-corrected chi connectivity index (χ1v) is 5.32. The van der Waals surface area contributed by atoms with Crippen LogP contribution in [-0.2, 0) is 11.3 Å². The van der Waals surface area contributed by atoms with Gasteiger partial charge in [0.1, 0.15) is 11.7 Å². The van der Waals surface area contributed by atoms with Crippen LogP contribution in [-0.4, -0.2) is 11.7 Å². The zero-order valence-electron chi connectivity index (χ0n) is 9.88. The van der Waals surface area contributed by atoms with Gasteiger partial charge in [-0.15, -0.1) is 0 Å². The Morgan fingerprint density at radius 3 is 2.71 bits per heavy atom. The number of amidine groups is 1. The van der Waals surface area contributed by atoms with E-state index in [9.17, 15) is 9.18 Å². The van der Waals surface area contributed by atoms with E-state index in [1.807, 2.05) is 0 Å². The van der Waals surface area contributed by atoms with Crippen molar-refractivity contribution in [3.8, 4) is 0 Å². The van der Waals surface area contributed by atoms with E-state index in [1.54, 1.807) is 19.9 Å². The van der Waals surface area contributed by atoms with Gasteiger partial charge in [-0.2, -0.15) is 0 Å². The van der Waals surface area contributed by atoms with Crippen LogP contribution in [0.5, 0.6) is 0 Å². The van der Waals surface area contributed by atoms with Crippen molar-refractivity contribution in [2.24, 2.45) is 11.7 Å². The van der Waals surface area contributed by atoms with E-state index in [1.165, 1.54) is 12.1 Å². The van der Waals surface area contributed by atoms with E-state index in [4.69, 9.17) is 11.1 Å². The molecule has 0 spiro atoms. The van der Waals surface area contributed by atoms with Crippen LogP contribution in [0.4, 0.5) is 4.39 Å². The van der Waals surface area contributed by atoms with Gasteiger partial charge in [0.25, 0.3) is 0 Å². The van der Waals surface area contributed by atoms with E-state index in [-0.39, 0.29) is 23.2 Å². The number of hydrogen-bond donors (Lipinski definition) is 3. The summed E-state index contributed by atoms with van der Waals surface area (Å²) in [6.07, 6.45) is 0. The van der Waals surface area contributed by atoms with Gasteiger partial charge in [0.2, 0.25) is 5.91 Å². The fourth-order valence-corrected chi connectivity index (χ4v) is 1.28. The van der Waals surface area contributed by atoms with Crippen LogP contribution in [0, 0.1) is 17.1 Å². The third kappa shape index (κ3) is 3.55. The average Bonchev–Trinajstić information content (AvgIpc) is 2.26. The molecule has 1 amide bonds. The topological polar surface area (TPSA) is 79.0 Å². The highest BCUT2D eigenvalue weighted by Gasteiger charge is 2.09. The van der Waals surface area contributed by atoms with E-state index < -0.39 is 5.82 Å². The molecule has 4 N–H and O–H groups in total. The summed E-state index contributed by atoms with van der Waals surface area (Å²) in [5.74, 6) is -1.02. The van der Waals surface area contributed by atoms with Crippen molar-refractivity contribution < 1.29 is 9.18 Å². The predicted molar refractivity (Wildman–Crippen MR) is 64.1 cm³/mol. The van der Waals surface area contributed by atoms with Crippen LogP contribution in [0.1, 0.15) is 25.0 Å². The van der Waals surface area contributed by atoms with E-state index in [0.717, 1.165) is 0 Å². The standard InChI is InChI=1S/C12H16FN3O/c1-7(2)12(17)16-6-8-3-4-10(13)9(5-8)11(14)15/h3-5,7H,6H2,1-2H3,(H3,14,15)(H,16,17). The highest BCUT2D eigenvalue weighted by Crippen LogP contribution is 2.10. The first kappa shape index (κ1) is 13.2. The second-order valence-corrected chi connectivity index (χ2v) is 4.10.